The molecule has 2 aromatic rings. The summed E-state index contributed by atoms with van der Waals surface area (Å²) in [5.74, 6) is 0.255. The maximum Gasteiger partial charge on any atom is 0.290 e. The van der Waals surface area contributed by atoms with Gasteiger partial charge in [-0.05, 0) is 44.9 Å². The van der Waals surface area contributed by atoms with Gasteiger partial charge in [0.05, 0.1) is 17.9 Å². The van der Waals surface area contributed by atoms with E-state index in [2.05, 4.69) is 20.7 Å². The predicted molar refractivity (Wildman–Crippen MR) is 74.9 cm³/mol. The topological polar surface area (TPSA) is 83.8 Å². The lowest BCUT2D eigenvalue weighted by atomic mass is 9.92. The first kappa shape index (κ1) is 12.6. The zero-order chi connectivity index (χ0) is 14.2. The molecule has 2 aliphatic carbocycles. The first-order valence-electron chi connectivity index (χ1n) is 7.63. The van der Waals surface area contributed by atoms with Gasteiger partial charge in [-0.3, -0.25) is 9.89 Å². The van der Waals surface area contributed by atoms with Gasteiger partial charge in [-0.1, -0.05) is 5.16 Å². The molecule has 6 heteroatoms. The van der Waals surface area contributed by atoms with E-state index in [-0.39, 0.29) is 11.9 Å². The number of fused-ring (bicyclic) bond motifs is 2. The Hall–Kier alpha value is -2.11. The Kier molecular flexibility index (Phi) is 3.02. The zero-order valence-electron chi connectivity index (χ0n) is 11.8. The minimum Gasteiger partial charge on any atom is -0.350 e. The van der Waals surface area contributed by atoms with E-state index in [1.165, 1.54) is 0 Å². The molecule has 2 heterocycles. The molecular formula is C15H18N4O2. The van der Waals surface area contributed by atoms with Crippen LogP contribution < -0.4 is 5.32 Å². The number of nitrogens with zero attached hydrogens (tertiary/aromatic N) is 2. The largest absolute Gasteiger partial charge is 0.350 e. The molecule has 0 bridgehead atoms. The van der Waals surface area contributed by atoms with Crippen molar-refractivity contribution in [3.63, 3.8) is 0 Å². The van der Waals surface area contributed by atoms with Crippen LogP contribution >= 0.6 is 0 Å². The fraction of sp³-hybridized carbons (Fsp3) is 0.533. The van der Waals surface area contributed by atoms with Crippen LogP contribution in [0.25, 0.3) is 0 Å². The maximum absolute atomic E-state index is 12.5. The molecule has 2 aromatic heterocycles. The summed E-state index contributed by atoms with van der Waals surface area (Å²) in [5.41, 5.74) is 4.19. The van der Waals surface area contributed by atoms with Gasteiger partial charge in [-0.25, -0.2) is 0 Å². The number of aromatic amines is 1. The van der Waals surface area contributed by atoms with Crippen LogP contribution in [0.4, 0.5) is 0 Å². The summed E-state index contributed by atoms with van der Waals surface area (Å²) in [5, 5.41) is 14.2. The molecule has 2 aliphatic rings. The summed E-state index contributed by atoms with van der Waals surface area (Å²) in [6.45, 7) is 0. The minimum atomic E-state index is -0.148. The van der Waals surface area contributed by atoms with Crippen LogP contribution in [0.2, 0.25) is 0 Å². The van der Waals surface area contributed by atoms with Crippen LogP contribution in [0.15, 0.2) is 10.7 Å². The molecule has 0 unspecified atom stereocenters. The summed E-state index contributed by atoms with van der Waals surface area (Å²) in [6, 6.07) is 0.0179. The third-order valence-electron chi connectivity index (χ3n) is 4.52. The first-order chi connectivity index (χ1) is 10.3. The number of carbonyl (C=O) groups excluding carboxylic acids is 1. The van der Waals surface area contributed by atoms with Crippen LogP contribution in [-0.2, 0) is 19.3 Å². The van der Waals surface area contributed by atoms with E-state index >= 15 is 0 Å². The van der Waals surface area contributed by atoms with Gasteiger partial charge in [0.1, 0.15) is 0 Å². The van der Waals surface area contributed by atoms with Gasteiger partial charge < -0.3 is 9.84 Å². The van der Waals surface area contributed by atoms with Gasteiger partial charge in [-0.2, -0.15) is 5.10 Å². The van der Waals surface area contributed by atoms with Crippen LogP contribution in [0.3, 0.4) is 0 Å². The van der Waals surface area contributed by atoms with Crippen molar-refractivity contribution in [1.29, 1.82) is 0 Å². The quantitative estimate of drug-likeness (QED) is 0.885. The Morgan fingerprint density at radius 3 is 3.14 bits per heavy atom. The number of hydrogen-bond acceptors (Lipinski definition) is 4. The average Bonchev–Trinajstić information content (AvgIpc) is 3.14. The van der Waals surface area contributed by atoms with Crippen molar-refractivity contribution >= 4 is 5.91 Å². The number of aryl methyl sites for hydroxylation is 2. The van der Waals surface area contributed by atoms with Crippen molar-refractivity contribution in [2.45, 2.75) is 51.0 Å². The molecule has 0 saturated carbocycles. The Bertz CT molecular complexity index is 673. The molecule has 0 aromatic carbocycles. The van der Waals surface area contributed by atoms with Crippen molar-refractivity contribution in [2.24, 2.45) is 0 Å². The molecule has 0 spiro atoms. The molecule has 1 amide bonds. The normalized spacial score (nSPS) is 20.7. The van der Waals surface area contributed by atoms with Crippen LogP contribution in [0.1, 0.15) is 64.8 Å². The Labute approximate surface area is 122 Å². The van der Waals surface area contributed by atoms with Crippen LogP contribution in [-0.4, -0.2) is 21.3 Å². The van der Waals surface area contributed by atoms with Gasteiger partial charge in [0.15, 0.2) is 0 Å². The zero-order valence-corrected chi connectivity index (χ0v) is 11.8. The Morgan fingerprint density at radius 2 is 2.19 bits per heavy atom. The Morgan fingerprint density at radius 1 is 1.29 bits per heavy atom. The fourth-order valence-electron chi connectivity index (χ4n) is 3.40. The molecule has 21 heavy (non-hydrogen) atoms. The molecular weight excluding hydrogens is 268 g/mol. The van der Waals surface area contributed by atoms with Gasteiger partial charge in [-0.15, -0.1) is 0 Å². The molecule has 0 radical (unpaired) electrons. The number of rotatable bonds is 2. The van der Waals surface area contributed by atoms with Crippen LogP contribution in [0, 0.1) is 0 Å². The highest BCUT2D eigenvalue weighted by Crippen LogP contribution is 2.29. The molecule has 0 fully saturated rings. The van der Waals surface area contributed by atoms with Crippen molar-refractivity contribution in [3.05, 3.63) is 34.5 Å². The number of amides is 1. The molecule has 0 aliphatic heterocycles. The lowest BCUT2D eigenvalue weighted by molar-refractivity contribution is 0.0894. The molecule has 110 valence electrons. The van der Waals surface area contributed by atoms with E-state index in [0.29, 0.717) is 5.76 Å². The van der Waals surface area contributed by atoms with E-state index in [4.69, 9.17) is 4.52 Å². The maximum atomic E-state index is 12.5. The van der Waals surface area contributed by atoms with Crippen LogP contribution in [0.5, 0.6) is 0 Å². The number of nitrogens with one attached hydrogen (secondary N) is 2. The minimum absolute atomic E-state index is 0.0179. The average molecular weight is 286 g/mol. The summed E-state index contributed by atoms with van der Waals surface area (Å²) < 4.78 is 5.30. The SMILES string of the molecule is O=C(N[C@@H]1CCCc2[nH]ncc21)c1onc2c1CCCC2. The van der Waals surface area contributed by atoms with Gasteiger partial charge >= 0.3 is 0 Å². The standard InChI is InChI=1S/C15H18N4O2/c20-15(14-9-4-1-2-5-13(9)19-21-14)17-11-6-3-7-12-10(11)8-16-18-12/h8,11H,1-7H2,(H,16,18)(H,17,20)/t11-/m1/s1. The van der Waals surface area contributed by atoms with Crippen molar-refractivity contribution in [3.8, 4) is 0 Å². The number of hydrogen-bond donors (Lipinski definition) is 2. The highest BCUT2D eigenvalue weighted by molar-refractivity contribution is 5.93. The van der Waals surface area contributed by atoms with E-state index in [9.17, 15) is 4.79 Å². The number of H-pyrrole nitrogens is 1. The fourth-order valence-corrected chi connectivity index (χ4v) is 3.40. The molecule has 6 nitrogen and oxygen atoms in total. The lowest BCUT2D eigenvalue weighted by Gasteiger charge is -2.22. The summed E-state index contributed by atoms with van der Waals surface area (Å²) in [4.78, 5) is 12.5. The van der Waals surface area contributed by atoms with Gasteiger partial charge in [0.25, 0.3) is 5.91 Å². The van der Waals surface area contributed by atoms with E-state index in [1.807, 2.05) is 6.20 Å². The van der Waals surface area contributed by atoms with Crippen molar-refractivity contribution in [2.75, 3.05) is 0 Å². The second kappa shape index (κ2) is 5.02. The summed E-state index contributed by atoms with van der Waals surface area (Å²) in [7, 11) is 0. The third kappa shape index (κ3) is 2.14. The second-order valence-corrected chi connectivity index (χ2v) is 5.87. The molecule has 4 rings (SSSR count). The number of aromatic nitrogens is 3. The third-order valence-corrected chi connectivity index (χ3v) is 4.52. The first-order valence-corrected chi connectivity index (χ1v) is 7.63. The monoisotopic (exact) mass is 286 g/mol. The lowest BCUT2D eigenvalue weighted by Crippen LogP contribution is -2.31. The van der Waals surface area contributed by atoms with Crippen molar-refractivity contribution < 1.29 is 9.32 Å². The number of carbonyl (C=O) groups is 1. The predicted octanol–water partition coefficient (Wildman–Crippen LogP) is 2.08. The highest BCUT2D eigenvalue weighted by atomic mass is 16.5. The van der Waals surface area contributed by atoms with E-state index < -0.39 is 0 Å². The smallest absolute Gasteiger partial charge is 0.290 e. The molecule has 1 atom stereocenters. The highest BCUT2D eigenvalue weighted by Gasteiger charge is 2.28. The van der Waals surface area contributed by atoms with E-state index in [1.54, 1.807) is 0 Å². The molecule has 2 N–H and O–H groups in total. The van der Waals surface area contributed by atoms with Crippen molar-refractivity contribution in [1.82, 2.24) is 20.7 Å². The Balaban J connectivity index is 1.56. The molecule has 0 saturated heterocycles. The van der Waals surface area contributed by atoms with Gasteiger partial charge in [0, 0.05) is 16.8 Å². The van der Waals surface area contributed by atoms with Gasteiger partial charge in [0.2, 0.25) is 5.76 Å². The second-order valence-electron chi connectivity index (χ2n) is 5.87. The summed E-state index contributed by atoms with van der Waals surface area (Å²) in [6.07, 6.45) is 8.84. The summed E-state index contributed by atoms with van der Waals surface area (Å²) >= 11 is 0. The van der Waals surface area contributed by atoms with E-state index in [0.717, 1.165) is 67.5 Å².